The van der Waals surface area contributed by atoms with Crippen LogP contribution in [0.1, 0.15) is 36.8 Å². The summed E-state index contributed by atoms with van der Waals surface area (Å²) < 4.78 is 0. The first-order valence-electron chi connectivity index (χ1n) is 13.2. The van der Waals surface area contributed by atoms with Crippen molar-refractivity contribution in [2.75, 3.05) is 16.8 Å². The fraction of sp³-hybridized carbons (Fsp3) is 0.393. The zero-order chi connectivity index (χ0) is 25.8. The summed E-state index contributed by atoms with van der Waals surface area (Å²) in [5.41, 5.74) is 4.56. The highest BCUT2D eigenvalue weighted by Gasteiger charge is 2.47. The lowest BCUT2D eigenvalue weighted by atomic mass is 9.61. The third kappa shape index (κ3) is 4.05. The normalized spacial score (nSPS) is 24.4. The second kappa shape index (κ2) is 9.23. The second-order valence-corrected chi connectivity index (χ2v) is 11.1. The van der Waals surface area contributed by atoms with Crippen molar-refractivity contribution >= 4 is 40.4 Å². The molecule has 0 unspecified atom stereocenters. The minimum atomic E-state index is -0.722. The number of aliphatic carboxylic acids is 1. The van der Waals surface area contributed by atoms with E-state index in [0.717, 1.165) is 51.0 Å². The van der Waals surface area contributed by atoms with E-state index in [1.807, 2.05) is 6.07 Å². The Morgan fingerprint density at radius 1 is 1.08 bits per heavy atom. The predicted molar refractivity (Wildman–Crippen MR) is 145 cm³/mol. The maximum absolute atomic E-state index is 12.3. The molecule has 4 aromatic rings. The minimum absolute atomic E-state index is 0.158. The van der Waals surface area contributed by atoms with Crippen LogP contribution in [0.25, 0.3) is 22.6 Å². The number of hydrogen-bond acceptors (Lipinski definition) is 7. The second-order valence-electron chi connectivity index (χ2n) is 10.7. The molecule has 9 nitrogen and oxygen atoms in total. The summed E-state index contributed by atoms with van der Waals surface area (Å²) in [6, 6.07) is 10.3. The standard InChI is InChI=1S/C28H28ClN7O2/c29-20-13-31-27-25(32-20)19(12-30-27)26-34-21(33-24-17-7-5-16(6-8-17)23(24)28(37)38)11-22(35-26)36-10-9-15-3-1-2-4-18(15)14-36/h1-4,11-13,16-17,23-24H,5-10,14H2,(H,30,31)(H,37,38)(H,33,34,35)/t16?,17?,23-,24-/m0/s1. The van der Waals surface area contributed by atoms with Gasteiger partial charge in [-0.25, -0.2) is 19.9 Å². The SMILES string of the molecule is O=C(O)[C@H]1C2CCC(CC2)[C@@H]1Nc1cc(N2CCc3ccccc3C2)nc(-c2c[nH]c3ncc(Cl)nc23)n1. The number of nitrogens with one attached hydrogen (secondary N) is 2. The molecule has 2 bridgehead atoms. The zero-order valence-corrected chi connectivity index (χ0v) is 21.5. The largest absolute Gasteiger partial charge is 0.481 e. The summed E-state index contributed by atoms with van der Waals surface area (Å²) in [6.45, 7) is 1.58. The van der Waals surface area contributed by atoms with Gasteiger partial charge in [0, 0.05) is 31.4 Å². The molecule has 2 atom stereocenters. The molecule has 0 amide bonds. The third-order valence-corrected chi connectivity index (χ3v) is 8.76. The number of hydrogen-bond donors (Lipinski definition) is 3. The molecule has 38 heavy (non-hydrogen) atoms. The summed E-state index contributed by atoms with van der Waals surface area (Å²) in [4.78, 5) is 36.4. The van der Waals surface area contributed by atoms with Crippen LogP contribution in [0.4, 0.5) is 11.6 Å². The Kier molecular flexibility index (Phi) is 5.69. The zero-order valence-electron chi connectivity index (χ0n) is 20.8. The Morgan fingerprint density at radius 2 is 1.87 bits per heavy atom. The summed E-state index contributed by atoms with van der Waals surface area (Å²) >= 11 is 6.17. The molecule has 1 aromatic carbocycles. The van der Waals surface area contributed by atoms with Crippen LogP contribution in [0.15, 0.2) is 42.7 Å². The average Bonchev–Trinajstić information content (AvgIpc) is 3.36. The van der Waals surface area contributed by atoms with Gasteiger partial charge in [0.05, 0.1) is 17.7 Å². The molecule has 10 heteroatoms. The van der Waals surface area contributed by atoms with Gasteiger partial charge in [0.2, 0.25) is 0 Å². The average molecular weight is 530 g/mol. The molecular formula is C28H28ClN7O2. The molecule has 0 radical (unpaired) electrons. The molecule has 0 spiro atoms. The first-order chi connectivity index (χ1) is 18.5. The number of rotatable bonds is 5. The van der Waals surface area contributed by atoms with Crippen molar-refractivity contribution < 1.29 is 9.90 Å². The van der Waals surface area contributed by atoms with Crippen LogP contribution in [-0.2, 0) is 17.8 Å². The lowest BCUT2D eigenvalue weighted by Gasteiger charge is -2.47. The van der Waals surface area contributed by atoms with Gasteiger partial charge in [0.15, 0.2) is 11.5 Å². The Hall–Kier alpha value is -3.72. The van der Waals surface area contributed by atoms with Gasteiger partial charge in [0.25, 0.3) is 0 Å². The number of fused-ring (bicyclic) bond motifs is 5. The molecule has 3 aromatic heterocycles. The van der Waals surface area contributed by atoms with Gasteiger partial charge in [-0.15, -0.1) is 0 Å². The number of carboxylic acid groups (broad SMARTS) is 1. The van der Waals surface area contributed by atoms with Gasteiger partial charge in [-0.05, 0) is 55.1 Å². The number of halogens is 1. The summed E-state index contributed by atoms with van der Waals surface area (Å²) in [5, 5.41) is 14.0. The number of H-pyrrole nitrogens is 1. The van der Waals surface area contributed by atoms with Gasteiger partial charge in [-0.1, -0.05) is 35.9 Å². The molecule has 0 saturated heterocycles. The number of aromatic amines is 1. The van der Waals surface area contributed by atoms with Crippen molar-refractivity contribution in [3.63, 3.8) is 0 Å². The summed E-state index contributed by atoms with van der Waals surface area (Å²) in [7, 11) is 0. The highest BCUT2D eigenvalue weighted by atomic mass is 35.5. The van der Waals surface area contributed by atoms with Crippen molar-refractivity contribution in [2.45, 2.75) is 44.7 Å². The fourth-order valence-corrected chi connectivity index (χ4v) is 6.84. The van der Waals surface area contributed by atoms with Crippen LogP contribution >= 0.6 is 11.6 Å². The molecule has 3 aliphatic carbocycles. The van der Waals surface area contributed by atoms with Crippen molar-refractivity contribution in [2.24, 2.45) is 17.8 Å². The minimum Gasteiger partial charge on any atom is -0.481 e. The molecule has 4 aliphatic rings. The number of anilines is 2. The van der Waals surface area contributed by atoms with Crippen molar-refractivity contribution in [1.29, 1.82) is 0 Å². The molecule has 4 heterocycles. The fourth-order valence-electron chi connectivity index (χ4n) is 6.71. The van der Waals surface area contributed by atoms with Crippen molar-refractivity contribution in [3.05, 3.63) is 59.0 Å². The molecular weight excluding hydrogens is 502 g/mol. The first kappa shape index (κ1) is 23.4. The van der Waals surface area contributed by atoms with Crippen LogP contribution in [-0.4, -0.2) is 48.6 Å². The Bertz CT molecular complexity index is 1530. The maximum Gasteiger partial charge on any atom is 0.308 e. The highest BCUT2D eigenvalue weighted by molar-refractivity contribution is 6.29. The number of carboxylic acids is 1. The lowest BCUT2D eigenvalue weighted by molar-refractivity contribution is -0.148. The van der Waals surface area contributed by atoms with Crippen molar-refractivity contribution in [3.8, 4) is 11.4 Å². The molecule has 3 fully saturated rings. The highest BCUT2D eigenvalue weighted by Crippen LogP contribution is 2.46. The van der Waals surface area contributed by atoms with E-state index in [1.54, 1.807) is 6.20 Å². The Morgan fingerprint density at radius 3 is 2.68 bits per heavy atom. The number of carbonyl (C=O) groups is 1. The number of nitrogens with zero attached hydrogens (tertiary/aromatic N) is 5. The van der Waals surface area contributed by atoms with Crippen LogP contribution < -0.4 is 10.2 Å². The van der Waals surface area contributed by atoms with Gasteiger partial charge in [-0.3, -0.25) is 4.79 Å². The third-order valence-electron chi connectivity index (χ3n) is 8.58. The van der Waals surface area contributed by atoms with Gasteiger partial charge in [0.1, 0.15) is 22.3 Å². The molecule has 1 aliphatic heterocycles. The molecule has 8 rings (SSSR count). The van der Waals surface area contributed by atoms with Gasteiger partial charge >= 0.3 is 5.97 Å². The first-order valence-corrected chi connectivity index (χ1v) is 13.6. The van der Waals surface area contributed by atoms with E-state index < -0.39 is 11.9 Å². The quantitative estimate of drug-likeness (QED) is 0.333. The molecule has 3 N–H and O–H groups in total. The Balaban J connectivity index is 1.31. The monoisotopic (exact) mass is 529 g/mol. The van der Waals surface area contributed by atoms with Gasteiger partial charge < -0.3 is 20.3 Å². The van der Waals surface area contributed by atoms with Gasteiger partial charge in [-0.2, -0.15) is 0 Å². The van der Waals surface area contributed by atoms with E-state index in [-0.39, 0.29) is 12.0 Å². The van der Waals surface area contributed by atoms with E-state index in [9.17, 15) is 9.90 Å². The lowest BCUT2D eigenvalue weighted by Crippen LogP contribution is -2.51. The predicted octanol–water partition coefficient (Wildman–Crippen LogP) is 4.93. The van der Waals surface area contributed by atoms with E-state index in [1.165, 1.54) is 17.3 Å². The summed E-state index contributed by atoms with van der Waals surface area (Å²) in [5.74, 6) is 1.33. The summed E-state index contributed by atoms with van der Waals surface area (Å²) in [6.07, 6.45) is 8.32. The van der Waals surface area contributed by atoms with Crippen molar-refractivity contribution in [1.82, 2.24) is 24.9 Å². The number of aromatic nitrogens is 5. The van der Waals surface area contributed by atoms with Crippen LogP contribution in [0.2, 0.25) is 5.15 Å². The Labute approximate surface area is 224 Å². The van der Waals surface area contributed by atoms with Crippen LogP contribution in [0.3, 0.4) is 0 Å². The topological polar surface area (TPSA) is 120 Å². The number of benzene rings is 1. The maximum atomic E-state index is 12.3. The smallest absolute Gasteiger partial charge is 0.308 e. The van der Waals surface area contributed by atoms with E-state index in [2.05, 4.69) is 49.4 Å². The molecule has 194 valence electrons. The van der Waals surface area contributed by atoms with E-state index >= 15 is 0 Å². The molecule has 3 saturated carbocycles. The van der Waals surface area contributed by atoms with E-state index in [4.69, 9.17) is 21.6 Å². The van der Waals surface area contributed by atoms with Crippen LogP contribution in [0.5, 0.6) is 0 Å². The van der Waals surface area contributed by atoms with Crippen LogP contribution in [0, 0.1) is 17.8 Å². The van der Waals surface area contributed by atoms with E-state index in [0.29, 0.717) is 39.4 Å².